The van der Waals surface area contributed by atoms with Crippen LogP contribution in [0.2, 0.25) is 0 Å². The van der Waals surface area contributed by atoms with Gasteiger partial charge in [-0.25, -0.2) is 0 Å². The van der Waals surface area contributed by atoms with Gasteiger partial charge in [0.05, 0.1) is 6.61 Å². The van der Waals surface area contributed by atoms with Gasteiger partial charge in [-0.05, 0) is 39.8 Å². The van der Waals surface area contributed by atoms with E-state index in [-0.39, 0.29) is 6.61 Å². The minimum Gasteiger partial charge on any atom is -0.394 e. The van der Waals surface area contributed by atoms with E-state index in [1.807, 2.05) is 6.92 Å². The smallest absolute Gasteiger partial charge is 0.0608 e. The first kappa shape index (κ1) is 13.9. The van der Waals surface area contributed by atoms with Crippen LogP contribution < -0.4 is 5.73 Å². The van der Waals surface area contributed by atoms with Crippen LogP contribution in [0.5, 0.6) is 0 Å². The van der Waals surface area contributed by atoms with E-state index in [1.54, 1.807) is 0 Å². The highest BCUT2D eigenvalue weighted by Crippen LogP contribution is 2.21. The van der Waals surface area contributed by atoms with Crippen LogP contribution in [0.25, 0.3) is 0 Å². The highest BCUT2D eigenvalue weighted by Gasteiger charge is 2.21. The Bertz CT molecular complexity index is 186. The molecular weight excluding hydrogens is 200 g/mol. The Morgan fingerprint density at radius 1 is 1.25 bits per heavy atom. The topological polar surface area (TPSA) is 49.5 Å². The molecule has 0 saturated heterocycles. The molecule has 1 rings (SSSR count). The molecule has 1 aliphatic carbocycles. The number of aliphatic hydroxyl groups is 1. The highest BCUT2D eigenvalue weighted by molar-refractivity contribution is 4.80. The van der Waals surface area contributed by atoms with Crippen molar-refractivity contribution in [3.8, 4) is 0 Å². The van der Waals surface area contributed by atoms with Crippen molar-refractivity contribution >= 4 is 0 Å². The molecule has 1 saturated carbocycles. The fraction of sp³-hybridized carbons (Fsp3) is 1.00. The van der Waals surface area contributed by atoms with E-state index in [2.05, 4.69) is 11.9 Å². The van der Waals surface area contributed by atoms with Crippen molar-refractivity contribution in [3.05, 3.63) is 0 Å². The van der Waals surface area contributed by atoms with Crippen molar-refractivity contribution in [1.29, 1.82) is 0 Å². The molecule has 0 aromatic carbocycles. The molecule has 16 heavy (non-hydrogen) atoms. The summed E-state index contributed by atoms with van der Waals surface area (Å²) in [6, 6.07) is 0.733. The molecule has 0 aromatic heterocycles. The molecule has 0 bridgehead atoms. The quantitative estimate of drug-likeness (QED) is 0.705. The van der Waals surface area contributed by atoms with Crippen LogP contribution in [0, 0.1) is 0 Å². The number of nitrogens with two attached hydrogens (primary N) is 1. The first-order chi connectivity index (χ1) is 7.55. The van der Waals surface area contributed by atoms with Gasteiger partial charge in [0, 0.05) is 11.6 Å². The van der Waals surface area contributed by atoms with Crippen LogP contribution in [0.4, 0.5) is 0 Å². The lowest BCUT2D eigenvalue weighted by Crippen LogP contribution is -2.44. The first-order valence-corrected chi connectivity index (χ1v) is 6.65. The second-order valence-corrected chi connectivity index (χ2v) is 5.69. The molecule has 0 aromatic rings. The third-order valence-corrected chi connectivity index (χ3v) is 3.84. The third-order valence-electron chi connectivity index (χ3n) is 3.84. The van der Waals surface area contributed by atoms with Crippen LogP contribution in [-0.4, -0.2) is 41.8 Å². The average molecular weight is 228 g/mol. The van der Waals surface area contributed by atoms with Crippen LogP contribution >= 0.6 is 0 Å². The van der Waals surface area contributed by atoms with Gasteiger partial charge in [0.15, 0.2) is 0 Å². The normalized spacial score (nSPS) is 23.1. The monoisotopic (exact) mass is 228 g/mol. The Labute approximate surface area is 100 Å². The Hall–Kier alpha value is -0.120. The van der Waals surface area contributed by atoms with Crippen LogP contribution in [-0.2, 0) is 0 Å². The fourth-order valence-electron chi connectivity index (χ4n) is 2.39. The van der Waals surface area contributed by atoms with Crippen molar-refractivity contribution in [3.63, 3.8) is 0 Å². The zero-order chi connectivity index (χ0) is 12.0. The largest absolute Gasteiger partial charge is 0.394 e. The van der Waals surface area contributed by atoms with Crippen LogP contribution in [0.15, 0.2) is 0 Å². The van der Waals surface area contributed by atoms with Crippen LogP contribution in [0.3, 0.4) is 0 Å². The molecule has 1 fully saturated rings. The molecule has 0 heterocycles. The predicted octanol–water partition coefficient (Wildman–Crippen LogP) is 1.74. The number of nitrogens with zero attached hydrogens (tertiary/aromatic N) is 1. The van der Waals surface area contributed by atoms with Gasteiger partial charge in [-0.3, -0.25) is 0 Å². The van der Waals surface area contributed by atoms with E-state index in [0.29, 0.717) is 0 Å². The summed E-state index contributed by atoms with van der Waals surface area (Å²) in [4.78, 5) is 2.44. The summed E-state index contributed by atoms with van der Waals surface area (Å²) in [5.74, 6) is 0. The average Bonchev–Trinajstić information content (AvgIpc) is 2.54. The van der Waals surface area contributed by atoms with Gasteiger partial charge >= 0.3 is 0 Å². The maximum atomic E-state index is 9.12. The van der Waals surface area contributed by atoms with Gasteiger partial charge < -0.3 is 15.7 Å². The van der Waals surface area contributed by atoms with Gasteiger partial charge in [-0.1, -0.05) is 25.7 Å². The molecule has 3 heteroatoms. The van der Waals surface area contributed by atoms with Crippen molar-refractivity contribution in [1.82, 2.24) is 4.90 Å². The summed E-state index contributed by atoms with van der Waals surface area (Å²) in [6.07, 6.45) is 9.07. The Morgan fingerprint density at radius 2 is 1.81 bits per heavy atom. The highest BCUT2D eigenvalue weighted by atomic mass is 16.3. The second-order valence-electron chi connectivity index (χ2n) is 5.69. The molecular formula is C13H28N2O. The van der Waals surface area contributed by atoms with Gasteiger partial charge in [0.2, 0.25) is 0 Å². The molecule has 0 spiro atoms. The SMILES string of the molecule is CN(CCC(C)(N)CO)C1CCCCCC1. The molecule has 96 valence electrons. The zero-order valence-electron chi connectivity index (χ0n) is 10.9. The summed E-state index contributed by atoms with van der Waals surface area (Å²) in [6.45, 7) is 3.00. The summed E-state index contributed by atoms with van der Waals surface area (Å²) in [5.41, 5.74) is 5.53. The van der Waals surface area contributed by atoms with E-state index in [1.165, 1.54) is 38.5 Å². The predicted molar refractivity (Wildman–Crippen MR) is 68.4 cm³/mol. The molecule has 0 amide bonds. The van der Waals surface area contributed by atoms with Gasteiger partial charge in [-0.2, -0.15) is 0 Å². The summed E-state index contributed by atoms with van der Waals surface area (Å²) >= 11 is 0. The van der Waals surface area contributed by atoms with E-state index in [4.69, 9.17) is 10.8 Å². The molecule has 0 radical (unpaired) electrons. The summed E-state index contributed by atoms with van der Waals surface area (Å²) in [5, 5.41) is 9.12. The number of hydrogen-bond donors (Lipinski definition) is 2. The number of aliphatic hydroxyl groups excluding tert-OH is 1. The molecule has 1 unspecified atom stereocenters. The first-order valence-electron chi connectivity index (χ1n) is 6.65. The second kappa shape index (κ2) is 6.58. The molecule has 1 aliphatic rings. The summed E-state index contributed by atoms with van der Waals surface area (Å²) < 4.78 is 0. The Balaban J connectivity index is 2.30. The Kier molecular flexibility index (Phi) is 5.73. The van der Waals surface area contributed by atoms with Gasteiger partial charge in [0.25, 0.3) is 0 Å². The van der Waals surface area contributed by atoms with E-state index in [9.17, 15) is 0 Å². The Morgan fingerprint density at radius 3 is 2.31 bits per heavy atom. The van der Waals surface area contributed by atoms with Gasteiger partial charge in [-0.15, -0.1) is 0 Å². The van der Waals surface area contributed by atoms with Crippen molar-refractivity contribution in [2.45, 2.75) is 63.5 Å². The van der Waals surface area contributed by atoms with E-state index >= 15 is 0 Å². The molecule has 3 nitrogen and oxygen atoms in total. The molecule has 3 N–H and O–H groups in total. The molecule has 1 atom stereocenters. The van der Waals surface area contributed by atoms with Crippen molar-refractivity contribution in [2.24, 2.45) is 5.73 Å². The maximum absolute atomic E-state index is 9.12. The lowest BCUT2D eigenvalue weighted by molar-refractivity contribution is 0.161. The minimum absolute atomic E-state index is 0.0749. The lowest BCUT2D eigenvalue weighted by atomic mass is 9.99. The van der Waals surface area contributed by atoms with Crippen molar-refractivity contribution in [2.75, 3.05) is 20.2 Å². The van der Waals surface area contributed by atoms with E-state index in [0.717, 1.165) is 19.0 Å². The maximum Gasteiger partial charge on any atom is 0.0608 e. The molecule has 0 aliphatic heterocycles. The van der Waals surface area contributed by atoms with Gasteiger partial charge in [0.1, 0.15) is 0 Å². The van der Waals surface area contributed by atoms with E-state index < -0.39 is 5.54 Å². The third kappa shape index (κ3) is 4.81. The van der Waals surface area contributed by atoms with Crippen LogP contribution in [0.1, 0.15) is 51.9 Å². The standard InChI is InChI=1S/C13H28N2O/c1-13(14,11-16)9-10-15(2)12-7-5-3-4-6-8-12/h12,16H,3-11,14H2,1-2H3. The zero-order valence-corrected chi connectivity index (χ0v) is 10.9. The summed E-state index contributed by atoms with van der Waals surface area (Å²) in [7, 11) is 2.20. The number of hydrogen-bond acceptors (Lipinski definition) is 3. The minimum atomic E-state index is -0.418. The lowest BCUT2D eigenvalue weighted by Gasteiger charge is -2.30. The van der Waals surface area contributed by atoms with Crippen molar-refractivity contribution < 1.29 is 5.11 Å². The number of rotatable bonds is 5. The fourth-order valence-corrected chi connectivity index (χ4v) is 2.39.